The molecule has 3 fully saturated rings. The third-order valence-electron chi connectivity index (χ3n) is 7.62. The number of urea groups is 1. The van der Waals surface area contributed by atoms with Gasteiger partial charge in [-0.2, -0.15) is 0 Å². The van der Waals surface area contributed by atoms with E-state index >= 15 is 0 Å². The normalized spacial score (nSPS) is 21.4. The van der Waals surface area contributed by atoms with E-state index < -0.39 is 36.0 Å². The summed E-state index contributed by atoms with van der Waals surface area (Å²) in [5.41, 5.74) is 0.811. The summed E-state index contributed by atoms with van der Waals surface area (Å²) in [4.78, 5) is 53.9. The maximum Gasteiger partial charge on any atom is 0.318 e. The van der Waals surface area contributed by atoms with Crippen LogP contribution in [-0.4, -0.2) is 92.8 Å². The number of carbonyl (C=O) groups excluding carboxylic acids is 4. The van der Waals surface area contributed by atoms with Crippen LogP contribution in [0.15, 0.2) is 24.3 Å². The largest absolute Gasteiger partial charge is 0.497 e. The van der Waals surface area contributed by atoms with Crippen LogP contribution < -0.4 is 20.7 Å². The quantitative estimate of drug-likeness (QED) is 0.336. The highest BCUT2D eigenvalue weighted by Gasteiger charge is 2.39. The molecule has 0 spiro atoms. The maximum absolute atomic E-state index is 13.6. The number of carbonyl (C=O) groups is 4. The number of hydrogen-bond acceptors (Lipinski definition) is 7. The molecule has 11 heteroatoms. The number of methoxy groups -OCH3 is 1. The Bertz CT molecular complexity index is 1000. The minimum Gasteiger partial charge on any atom is -0.497 e. The van der Waals surface area contributed by atoms with Gasteiger partial charge in [0.05, 0.1) is 33.0 Å². The van der Waals surface area contributed by atoms with Crippen LogP contribution in [0.5, 0.6) is 5.75 Å². The minimum atomic E-state index is -0.951. The highest BCUT2D eigenvalue weighted by atomic mass is 16.6. The highest BCUT2D eigenvalue weighted by molar-refractivity contribution is 5.96. The van der Waals surface area contributed by atoms with E-state index in [1.165, 1.54) is 0 Å². The fourth-order valence-electron chi connectivity index (χ4n) is 5.15. The van der Waals surface area contributed by atoms with Gasteiger partial charge in [0.25, 0.3) is 0 Å². The molecule has 2 heterocycles. The number of ether oxygens (including phenoxy) is 3. The van der Waals surface area contributed by atoms with Crippen molar-refractivity contribution in [2.45, 2.75) is 69.7 Å². The van der Waals surface area contributed by atoms with Crippen molar-refractivity contribution in [1.29, 1.82) is 0 Å². The van der Waals surface area contributed by atoms with Crippen molar-refractivity contribution in [2.24, 2.45) is 5.92 Å². The van der Waals surface area contributed by atoms with Crippen LogP contribution in [0, 0.1) is 5.92 Å². The summed E-state index contributed by atoms with van der Waals surface area (Å²) in [5, 5.41) is 8.43. The summed E-state index contributed by atoms with van der Waals surface area (Å²) in [5.74, 6) is 0.00574. The molecule has 1 aliphatic carbocycles. The van der Waals surface area contributed by atoms with E-state index in [2.05, 4.69) is 16.0 Å². The Balaban J connectivity index is 1.44. The molecule has 11 nitrogen and oxygen atoms in total. The van der Waals surface area contributed by atoms with E-state index in [4.69, 9.17) is 14.2 Å². The number of amides is 4. The van der Waals surface area contributed by atoms with Crippen molar-refractivity contribution >= 4 is 23.6 Å². The Morgan fingerprint density at radius 1 is 0.974 bits per heavy atom. The maximum atomic E-state index is 13.6. The fraction of sp³-hybridized carbons (Fsp3) is 0.643. The number of nitrogens with zero attached hydrogens (tertiary/aromatic N) is 1. The molecule has 4 atom stereocenters. The second kappa shape index (κ2) is 13.7. The second-order valence-corrected chi connectivity index (χ2v) is 10.6. The topological polar surface area (TPSA) is 139 Å². The lowest BCUT2D eigenvalue weighted by molar-refractivity contribution is -0.132. The average Bonchev–Trinajstić information content (AvgIpc) is 3.68. The molecule has 1 aromatic carbocycles. The zero-order valence-electron chi connectivity index (χ0n) is 22.8. The predicted molar refractivity (Wildman–Crippen MR) is 142 cm³/mol. The monoisotopic (exact) mass is 544 g/mol. The molecule has 214 valence electrons. The lowest BCUT2D eigenvalue weighted by atomic mass is 9.94. The molecule has 0 aromatic heterocycles. The Morgan fingerprint density at radius 3 is 2.23 bits per heavy atom. The van der Waals surface area contributed by atoms with Crippen LogP contribution in [0.25, 0.3) is 0 Å². The third-order valence-corrected chi connectivity index (χ3v) is 7.62. The van der Waals surface area contributed by atoms with Crippen molar-refractivity contribution in [3.05, 3.63) is 29.8 Å². The SMILES string of the molecule is COc1ccc(C[C@H](NC(=O)[C@@H](C)NC(=O)N2CCOCC2)C(=O)N[C@@H](CC2CCCC2)C(=O)[C@H]2CO2)cc1. The molecule has 0 bridgehead atoms. The number of nitrogens with one attached hydrogen (secondary N) is 3. The third kappa shape index (κ3) is 8.40. The molecular formula is C28H40N4O7. The van der Waals surface area contributed by atoms with Crippen molar-refractivity contribution < 1.29 is 33.4 Å². The first-order valence-corrected chi connectivity index (χ1v) is 13.9. The van der Waals surface area contributed by atoms with Gasteiger partial charge in [-0.3, -0.25) is 14.4 Å². The summed E-state index contributed by atoms with van der Waals surface area (Å²) in [6.45, 7) is 3.75. The van der Waals surface area contributed by atoms with E-state index in [1.54, 1.807) is 31.1 Å². The lowest BCUT2D eigenvalue weighted by Gasteiger charge is -2.29. The number of ketones is 1. The average molecular weight is 545 g/mol. The number of morpholine rings is 1. The molecule has 0 radical (unpaired) electrons. The first-order chi connectivity index (χ1) is 18.8. The number of benzene rings is 1. The molecule has 1 saturated carbocycles. The molecule has 4 amide bonds. The smallest absolute Gasteiger partial charge is 0.318 e. The first-order valence-electron chi connectivity index (χ1n) is 13.9. The molecule has 2 saturated heterocycles. The Morgan fingerprint density at radius 2 is 1.62 bits per heavy atom. The van der Waals surface area contributed by atoms with Crippen molar-refractivity contribution in [2.75, 3.05) is 40.0 Å². The molecule has 1 aromatic rings. The van der Waals surface area contributed by atoms with Crippen LogP contribution in [-0.2, 0) is 30.3 Å². The second-order valence-electron chi connectivity index (χ2n) is 10.6. The summed E-state index contributed by atoms with van der Waals surface area (Å²) in [6.07, 6.45) is 4.64. The summed E-state index contributed by atoms with van der Waals surface area (Å²) in [6, 6.07) is 4.38. The van der Waals surface area contributed by atoms with Crippen LogP contribution in [0.1, 0.15) is 44.6 Å². The van der Waals surface area contributed by atoms with Crippen LogP contribution >= 0.6 is 0 Å². The van der Waals surface area contributed by atoms with Gasteiger partial charge in [0.2, 0.25) is 11.8 Å². The summed E-state index contributed by atoms with van der Waals surface area (Å²) >= 11 is 0. The van der Waals surface area contributed by atoms with Gasteiger partial charge in [0.1, 0.15) is 23.9 Å². The number of epoxide rings is 1. The Labute approximate surface area is 229 Å². The molecule has 0 unspecified atom stereocenters. The first kappa shape index (κ1) is 28.8. The molecule has 4 rings (SSSR count). The van der Waals surface area contributed by atoms with Crippen molar-refractivity contribution in [3.8, 4) is 5.75 Å². The van der Waals surface area contributed by atoms with Gasteiger partial charge in [-0.05, 0) is 37.0 Å². The minimum absolute atomic E-state index is 0.115. The molecule has 39 heavy (non-hydrogen) atoms. The van der Waals surface area contributed by atoms with Gasteiger partial charge >= 0.3 is 6.03 Å². The fourth-order valence-corrected chi connectivity index (χ4v) is 5.15. The van der Waals surface area contributed by atoms with E-state index in [0.717, 1.165) is 31.2 Å². The number of hydrogen-bond donors (Lipinski definition) is 3. The van der Waals surface area contributed by atoms with Gasteiger partial charge in [0.15, 0.2) is 5.78 Å². The predicted octanol–water partition coefficient (Wildman–Crippen LogP) is 1.19. The number of rotatable bonds is 12. The van der Waals surface area contributed by atoms with Crippen LogP contribution in [0.2, 0.25) is 0 Å². The van der Waals surface area contributed by atoms with Crippen LogP contribution in [0.4, 0.5) is 4.79 Å². The standard InChI is InChI=1S/C28H40N4O7/c1-18(29-28(36)32-11-13-38-14-12-32)26(34)31-23(16-20-7-9-21(37-2)10-8-20)27(35)30-22(25(33)24-17-39-24)15-19-5-3-4-6-19/h7-10,18-19,22-24H,3-6,11-17H2,1-2H3,(H,29,36)(H,30,35)(H,31,34)/t18-,22+,23+,24-/m1/s1. The van der Waals surface area contributed by atoms with E-state index in [9.17, 15) is 19.2 Å². The summed E-state index contributed by atoms with van der Waals surface area (Å²) in [7, 11) is 1.57. The van der Waals surface area contributed by atoms with Gasteiger partial charge in [-0.1, -0.05) is 37.8 Å². The van der Waals surface area contributed by atoms with Crippen molar-refractivity contribution in [1.82, 2.24) is 20.9 Å². The van der Waals surface area contributed by atoms with E-state index in [1.807, 2.05) is 12.1 Å². The lowest BCUT2D eigenvalue weighted by Crippen LogP contribution is -2.57. The zero-order chi connectivity index (χ0) is 27.8. The van der Waals surface area contributed by atoms with Gasteiger partial charge < -0.3 is 35.1 Å². The molecular weight excluding hydrogens is 504 g/mol. The summed E-state index contributed by atoms with van der Waals surface area (Å²) < 4.78 is 15.7. The highest BCUT2D eigenvalue weighted by Crippen LogP contribution is 2.30. The van der Waals surface area contributed by atoms with E-state index in [-0.39, 0.29) is 18.2 Å². The molecule has 2 aliphatic heterocycles. The van der Waals surface area contributed by atoms with Crippen LogP contribution in [0.3, 0.4) is 0 Å². The van der Waals surface area contributed by atoms with Gasteiger partial charge in [-0.25, -0.2) is 4.79 Å². The zero-order valence-corrected chi connectivity index (χ0v) is 22.8. The number of Topliss-reactive ketones (excluding diaryl/α,β-unsaturated/α-hetero) is 1. The van der Waals surface area contributed by atoms with Gasteiger partial charge in [0, 0.05) is 19.5 Å². The van der Waals surface area contributed by atoms with Crippen molar-refractivity contribution in [3.63, 3.8) is 0 Å². The Hall–Kier alpha value is -3.18. The molecule has 3 N–H and O–H groups in total. The Kier molecular flexibility index (Phi) is 10.2. The molecule has 3 aliphatic rings. The van der Waals surface area contributed by atoms with Gasteiger partial charge in [-0.15, -0.1) is 0 Å². The van der Waals surface area contributed by atoms with E-state index in [0.29, 0.717) is 51.0 Å².